The fraction of sp³-hybridized carbons (Fsp3) is 0.0400. The van der Waals surface area contributed by atoms with E-state index in [1.165, 1.54) is 12.1 Å². The van der Waals surface area contributed by atoms with Crippen LogP contribution in [-0.2, 0) is 6.18 Å². The molecule has 1 nitrogen and oxygen atoms in total. The van der Waals surface area contributed by atoms with Crippen molar-refractivity contribution in [2.75, 3.05) is 0 Å². The Hall–Kier alpha value is -3.53. The van der Waals surface area contributed by atoms with Crippen LogP contribution in [0.25, 0.3) is 43.4 Å². The molecule has 0 aliphatic heterocycles. The molecule has 1 N–H and O–H groups in total. The van der Waals surface area contributed by atoms with Gasteiger partial charge in [0, 0.05) is 5.56 Å². The van der Waals surface area contributed by atoms with E-state index in [0.29, 0.717) is 16.3 Å². The van der Waals surface area contributed by atoms with Crippen LogP contribution >= 0.6 is 0 Å². The van der Waals surface area contributed by atoms with Crippen molar-refractivity contribution in [2.45, 2.75) is 6.18 Å². The van der Waals surface area contributed by atoms with Crippen LogP contribution in [0.1, 0.15) is 5.56 Å². The molecule has 0 unspecified atom stereocenters. The van der Waals surface area contributed by atoms with Gasteiger partial charge < -0.3 is 5.11 Å². The third kappa shape index (κ3) is 2.80. The van der Waals surface area contributed by atoms with E-state index >= 15 is 0 Å². The lowest BCUT2D eigenvalue weighted by atomic mass is 9.89. The zero-order valence-corrected chi connectivity index (χ0v) is 15.2. The topological polar surface area (TPSA) is 20.2 Å². The van der Waals surface area contributed by atoms with Crippen LogP contribution in [0, 0.1) is 0 Å². The average molecular weight is 388 g/mol. The highest BCUT2D eigenvalue weighted by molar-refractivity contribution is 6.17. The van der Waals surface area contributed by atoms with Crippen molar-refractivity contribution >= 4 is 32.3 Å². The lowest BCUT2D eigenvalue weighted by molar-refractivity contribution is -0.137. The van der Waals surface area contributed by atoms with Gasteiger partial charge >= 0.3 is 6.18 Å². The Labute approximate surface area is 164 Å². The molecule has 0 amide bonds. The van der Waals surface area contributed by atoms with Gasteiger partial charge in [-0.15, -0.1) is 0 Å². The standard InChI is InChI=1S/C25H15F3O/c26-25(27,28)17-11-9-16-13-22(20-8-4-3-7-19(20)21(16)14-17)24-18-6-2-1-5-15(18)10-12-23(24)29/h1-14,29H. The van der Waals surface area contributed by atoms with Gasteiger partial charge in [0.25, 0.3) is 0 Å². The highest BCUT2D eigenvalue weighted by Gasteiger charge is 2.30. The molecule has 0 heterocycles. The monoisotopic (exact) mass is 388 g/mol. The van der Waals surface area contributed by atoms with Crippen molar-refractivity contribution in [3.63, 3.8) is 0 Å². The Morgan fingerprint density at radius 3 is 2.00 bits per heavy atom. The van der Waals surface area contributed by atoms with Gasteiger partial charge in [0.1, 0.15) is 5.75 Å². The maximum absolute atomic E-state index is 13.3. The first-order valence-electron chi connectivity index (χ1n) is 9.17. The van der Waals surface area contributed by atoms with Crippen molar-refractivity contribution in [2.24, 2.45) is 0 Å². The van der Waals surface area contributed by atoms with E-state index in [0.717, 1.165) is 33.2 Å². The highest BCUT2D eigenvalue weighted by Crippen LogP contribution is 2.43. The fourth-order valence-corrected chi connectivity index (χ4v) is 4.03. The molecule has 0 atom stereocenters. The second kappa shape index (κ2) is 6.24. The Balaban J connectivity index is 1.93. The molecule has 0 aliphatic carbocycles. The Morgan fingerprint density at radius 1 is 0.586 bits per heavy atom. The Morgan fingerprint density at radius 2 is 1.24 bits per heavy atom. The number of fused-ring (bicyclic) bond motifs is 4. The van der Waals surface area contributed by atoms with E-state index in [1.807, 2.05) is 60.7 Å². The van der Waals surface area contributed by atoms with E-state index in [2.05, 4.69) is 0 Å². The quantitative estimate of drug-likeness (QED) is 0.294. The van der Waals surface area contributed by atoms with E-state index in [-0.39, 0.29) is 5.75 Å². The molecule has 5 aromatic carbocycles. The fourth-order valence-electron chi connectivity index (χ4n) is 4.03. The summed E-state index contributed by atoms with van der Waals surface area (Å²) in [5.74, 6) is 0.139. The minimum absolute atomic E-state index is 0.139. The van der Waals surface area contributed by atoms with Crippen molar-refractivity contribution < 1.29 is 18.3 Å². The molecule has 0 spiro atoms. The van der Waals surface area contributed by atoms with Crippen LogP contribution in [0.4, 0.5) is 13.2 Å². The molecule has 5 rings (SSSR count). The first-order valence-corrected chi connectivity index (χ1v) is 9.17. The van der Waals surface area contributed by atoms with E-state index in [9.17, 15) is 18.3 Å². The average Bonchev–Trinajstić information content (AvgIpc) is 2.72. The smallest absolute Gasteiger partial charge is 0.416 e. The summed E-state index contributed by atoms with van der Waals surface area (Å²) in [6, 6.07) is 24.3. The predicted octanol–water partition coefficient (Wildman–Crippen LogP) is 7.54. The molecule has 142 valence electrons. The molecule has 0 aromatic heterocycles. The minimum Gasteiger partial charge on any atom is -0.507 e. The van der Waals surface area contributed by atoms with E-state index in [1.54, 1.807) is 6.07 Å². The summed E-state index contributed by atoms with van der Waals surface area (Å²) >= 11 is 0. The summed E-state index contributed by atoms with van der Waals surface area (Å²) in [6.45, 7) is 0. The number of hydrogen-bond acceptors (Lipinski definition) is 1. The number of hydrogen-bond donors (Lipinski definition) is 1. The first-order chi connectivity index (χ1) is 13.9. The number of benzene rings is 5. The first kappa shape index (κ1) is 17.6. The number of alkyl halides is 3. The second-order valence-corrected chi connectivity index (χ2v) is 7.08. The predicted molar refractivity (Wildman–Crippen MR) is 111 cm³/mol. The van der Waals surface area contributed by atoms with Crippen molar-refractivity contribution in [1.29, 1.82) is 0 Å². The van der Waals surface area contributed by atoms with Gasteiger partial charge in [-0.2, -0.15) is 13.2 Å². The summed E-state index contributed by atoms with van der Waals surface area (Å²) in [5, 5.41) is 15.3. The van der Waals surface area contributed by atoms with Crippen LogP contribution in [-0.4, -0.2) is 5.11 Å². The van der Waals surface area contributed by atoms with Gasteiger partial charge in [-0.3, -0.25) is 0 Å². The Kier molecular flexibility index (Phi) is 3.78. The summed E-state index contributed by atoms with van der Waals surface area (Å²) < 4.78 is 39.8. The lowest BCUT2D eigenvalue weighted by Crippen LogP contribution is -2.04. The SMILES string of the molecule is Oc1ccc2ccccc2c1-c1cc2ccc(C(F)(F)F)cc2c2ccccc12. The third-order valence-electron chi connectivity index (χ3n) is 5.36. The van der Waals surface area contributed by atoms with Gasteiger partial charge in [-0.25, -0.2) is 0 Å². The lowest BCUT2D eigenvalue weighted by Gasteiger charge is -2.15. The maximum Gasteiger partial charge on any atom is 0.416 e. The van der Waals surface area contributed by atoms with Crippen LogP contribution in [0.15, 0.2) is 84.9 Å². The Bertz CT molecular complexity index is 1400. The molecule has 5 aromatic rings. The van der Waals surface area contributed by atoms with E-state index < -0.39 is 11.7 Å². The molecule has 0 radical (unpaired) electrons. The summed E-state index contributed by atoms with van der Waals surface area (Å²) in [6.07, 6.45) is -4.40. The van der Waals surface area contributed by atoms with Crippen molar-refractivity contribution in [1.82, 2.24) is 0 Å². The number of rotatable bonds is 1. The minimum atomic E-state index is -4.40. The summed E-state index contributed by atoms with van der Waals surface area (Å²) in [7, 11) is 0. The maximum atomic E-state index is 13.3. The molecule has 29 heavy (non-hydrogen) atoms. The molecule has 0 saturated carbocycles. The summed E-state index contributed by atoms with van der Waals surface area (Å²) in [5.41, 5.74) is 0.805. The van der Waals surface area contributed by atoms with Gasteiger partial charge in [0.05, 0.1) is 5.56 Å². The van der Waals surface area contributed by atoms with Crippen molar-refractivity contribution in [3.05, 3.63) is 90.5 Å². The number of aromatic hydroxyl groups is 1. The molecule has 0 fully saturated rings. The van der Waals surface area contributed by atoms with Crippen LogP contribution < -0.4 is 0 Å². The third-order valence-corrected chi connectivity index (χ3v) is 5.36. The normalized spacial score (nSPS) is 12.1. The van der Waals surface area contributed by atoms with Crippen LogP contribution in [0.3, 0.4) is 0 Å². The molecule has 0 saturated heterocycles. The van der Waals surface area contributed by atoms with Crippen LogP contribution in [0.2, 0.25) is 0 Å². The van der Waals surface area contributed by atoms with Crippen LogP contribution in [0.5, 0.6) is 5.75 Å². The summed E-state index contributed by atoms with van der Waals surface area (Å²) in [4.78, 5) is 0. The van der Waals surface area contributed by atoms with Gasteiger partial charge in [0.15, 0.2) is 0 Å². The van der Waals surface area contributed by atoms with Crippen molar-refractivity contribution in [3.8, 4) is 16.9 Å². The molecular formula is C25H15F3O. The molecule has 0 aliphatic rings. The van der Waals surface area contributed by atoms with Gasteiger partial charge in [-0.05, 0) is 62.1 Å². The zero-order valence-electron chi connectivity index (χ0n) is 15.2. The number of phenols is 1. The van der Waals surface area contributed by atoms with Gasteiger partial charge in [0.2, 0.25) is 0 Å². The molecule has 0 bridgehead atoms. The largest absolute Gasteiger partial charge is 0.507 e. The highest BCUT2D eigenvalue weighted by atomic mass is 19.4. The van der Waals surface area contributed by atoms with E-state index in [4.69, 9.17) is 0 Å². The number of phenolic OH excluding ortho intramolecular Hbond substituents is 1. The van der Waals surface area contributed by atoms with Gasteiger partial charge in [-0.1, -0.05) is 60.7 Å². The zero-order chi connectivity index (χ0) is 20.2. The number of halogens is 3. The second-order valence-electron chi connectivity index (χ2n) is 7.08. The molecule has 4 heteroatoms. The molecular weight excluding hydrogens is 373 g/mol.